The van der Waals surface area contributed by atoms with E-state index in [9.17, 15) is 4.79 Å². The number of nitrogens with zero attached hydrogens (tertiary/aromatic N) is 1. The Kier molecular flexibility index (Phi) is 3.52. The molecule has 3 rings (SSSR count). The summed E-state index contributed by atoms with van der Waals surface area (Å²) in [7, 11) is 0. The third kappa shape index (κ3) is 2.95. The molecule has 2 aliphatic rings. The molecule has 2 atom stereocenters. The Labute approximate surface area is 130 Å². The lowest BCUT2D eigenvalue weighted by Crippen LogP contribution is -2.46. The van der Waals surface area contributed by atoms with Crippen molar-refractivity contribution in [2.75, 3.05) is 18.4 Å². The highest BCUT2D eigenvalue weighted by molar-refractivity contribution is 6.30. The van der Waals surface area contributed by atoms with Gasteiger partial charge in [-0.2, -0.15) is 0 Å². The third-order valence-corrected chi connectivity index (χ3v) is 4.25. The minimum absolute atomic E-state index is 0.226. The SMILES string of the molecule is CC(C)(C)OC(=O)N1CC[C@H]2Nc3ccc(Cl)cc3[C@@H]2C1. The number of ether oxygens (including phenoxy) is 1. The first-order valence-corrected chi connectivity index (χ1v) is 7.75. The molecule has 0 radical (unpaired) electrons. The number of piperidine rings is 1. The molecule has 0 aromatic heterocycles. The first-order chi connectivity index (χ1) is 9.83. The van der Waals surface area contributed by atoms with Crippen molar-refractivity contribution in [1.82, 2.24) is 4.90 Å². The third-order valence-electron chi connectivity index (χ3n) is 4.02. The van der Waals surface area contributed by atoms with Gasteiger partial charge in [-0.05, 0) is 51.0 Å². The first-order valence-electron chi connectivity index (χ1n) is 7.37. The largest absolute Gasteiger partial charge is 0.444 e. The molecule has 5 heteroatoms. The Morgan fingerprint density at radius 1 is 1.43 bits per heavy atom. The molecule has 1 saturated heterocycles. The lowest BCUT2D eigenvalue weighted by atomic mass is 9.89. The van der Waals surface area contributed by atoms with Crippen LogP contribution in [-0.2, 0) is 4.74 Å². The summed E-state index contributed by atoms with van der Waals surface area (Å²) in [4.78, 5) is 14.0. The van der Waals surface area contributed by atoms with E-state index in [0.717, 1.165) is 23.7 Å². The number of rotatable bonds is 0. The maximum Gasteiger partial charge on any atom is 0.410 e. The van der Waals surface area contributed by atoms with Crippen molar-refractivity contribution in [2.24, 2.45) is 0 Å². The van der Waals surface area contributed by atoms with E-state index >= 15 is 0 Å². The number of anilines is 1. The molecule has 2 aliphatic heterocycles. The number of carbonyl (C=O) groups excluding carboxylic acids is 1. The number of nitrogens with one attached hydrogen (secondary N) is 1. The van der Waals surface area contributed by atoms with Gasteiger partial charge in [0.1, 0.15) is 5.60 Å². The Morgan fingerprint density at radius 3 is 2.90 bits per heavy atom. The van der Waals surface area contributed by atoms with Crippen LogP contribution in [0.1, 0.15) is 38.7 Å². The van der Waals surface area contributed by atoms with E-state index in [1.807, 2.05) is 43.9 Å². The van der Waals surface area contributed by atoms with Crippen LogP contribution in [-0.4, -0.2) is 35.7 Å². The summed E-state index contributed by atoms with van der Waals surface area (Å²) in [6.07, 6.45) is 0.701. The number of hydrogen-bond acceptors (Lipinski definition) is 3. The molecular weight excluding hydrogens is 288 g/mol. The maximum absolute atomic E-state index is 12.2. The van der Waals surface area contributed by atoms with Gasteiger partial charge in [-0.15, -0.1) is 0 Å². The highest BCUT2D eigenvalue weighted by atomic mass is 35.5. The highest BCUT2D eigenvalue weighted by Crippen LogP contribution is 2.41. The van der Waals surface area contributed by atoms with Crippen molar-refractivity contribution in [2.45, 2.75) is 44.8 Å². The summed E-state index contributed by atoms with van der Waals surface area (Å²) < 4.78 is 5.48. The summed E-state index contributed by atoms with van der Waals surface area (Å²) in [6.45, 7) is 7.09. The van der Waals surface area contributed by atoms with E-state index < -0.39 is 5.60 Å². The molecule has 114 valence electrons. The van der Waals surface area contributed by atoms with Crippen LogP contribution in [0.3, 0.4) is 0 Å². The lowest BCUT2D eigenvalue weighted by Gasteiger charge is -2.36. The molecule has 0 bridgehead atoms. The molecule has 1 aromatic carbocycles. The van der Waals surface area contributed by atoms with Gasteiger partial charge in [-0.3, -0.25) is 0 Å². The van der Waals surface area contributed by atoms with E-state index in [4.69, 9.17) is 16.3 Å². The van der Waals surface area contributed by atoms with Gasteiger partial charge in [0.2, 0.25) is 0 Å². The molecule has 1 aromatic rings. The van der Waals surface area contributed by atoms with E-state index in [1.165, 1.54) is 5.56 Å². The summed E-state index contributed by atoms with van der Waals surface area (Å²) in [5, 5.41) is 4.28. The molecule has 0 spiro atoms. The topological polar surface area (TPSA) is 41.6 Å². The van der Waals surface area contributed by atoms with E-state index in [-0.39, 0.29) is 6.09 Å². The van der Waals surface area contributed by atoms with Gasteiger partial charge in [0.15, 0.2) is 0 Å². The summed E-state index contributed by atoms with van der Waals surface area (Å²) in [6, 6.07) is 6.31. The number of fused-ring (bicyclic) bond motifs is 3. The van der Waals surface area contributed by atoms with E-state index in [1.54, 1.807) is 0 Å². The number of benzene rings is 1. The Balaban J connectivity index is 1.76. The minimum Gasteiger partial charge on any atom is -0.444 e. The van der Waals surface area contributed by atoms with Gasteiger partial charge >= 0.3 is 6.09 Å². The summed E-state index contributed by atoms with van der Waals surface area (Å²) in [5.41, 5.74) is 1.89. The van der Waals surface area contributed by atoms with Crippen LogP contribution in [0, 0.1) is 0 Å². The average Bonchev–Trinajstić information content (AvgIpc) is 2.74. The molecule has 0 unspecified atom stereocenters. The van der Waals surface area contributed by atoms with Crippen molar-refractivity contribution >= 4 is 23.4 Å². The number of carbonyl (C=O) groups is 1. The van der Waals surface area contributed by atoms with Crippen molar-refractivity contribution in [3.63, 3.8) is 0 Å². The molecule has 1 fully saturated rings. The number of likely N-dealkylation sites (tertiary alicyclic amines) is 1. The Bertz CT molecular complexity index is 568. The van der Waals surface area contributed by atoms with Crippen molar-refractivity contribution < 1.29 is 9.53 Å². The van der Waals surface area contributed by atoms with Gasteiger partial charge in [0.25, 0.3) is 0 Å². The highest BCUT2D eigenvalue weighted by Gasteiger charge is 2.39. The van der Waals surface area contributed by atoms with Crippen molar-refractivity contribution in [3.8, 4) is 0 Å². The fraction of sp³-hybridized carbons (Fsp3) is 0.562. The van der Waals surface area contributed by atoms with Crippen LogP contribution >= 0.6 is 11.6 Å². The monoisotopic (exact) mass is 308 g/mol. The van der Waals surface area contributed by atoms with Crippen LogP contribution in [0.5, 0.6) is 0 Å². The fourth-order valence-corrected chi connectivity index (χ4v) is 3.28. The molecule has 4 nitrogen and oxygen atoms in total. The van der Waals surface area contributed by atoms with Crippen LogP contribution < -0.4 is 5.32 Å². The van der Waals surface area contributed by atoms with Crippen molar-refractivity contribution in [1.29, 1.82) is 0 Å². The summed E-state index contributed by atoms with van der Waals surface area (Å²) in [5.74, 6) is 0.292. The van der Waals surface area contributed by atoms with Crippen LogP contribution in [0.2, 0.25) is 5.02 Å². The molecular formula is C16H21ClN2O2. The van der Waals surface area contributed by atoms with Gasteiger partial charge in [-0.25, -0.2) is 4.79 Å². The van der Waals surface area contributed by atoms with Crippen LogP contribution in [0.25, 0.3) is 0 Å². The Morgan fingerprint density at radius 2 is 2.19 bits per heavy atom. The van der Waals surface area contributed by atoms with Gasteiger partial charge in [0, 0.05) is 35.8 Å². The number of halogens is 1. The zero-order valence-corrected chi connectivity index (χ0v) is 13.4. The number of hydrogen-bond donors (Lipinski definition) is 1. The average molecular weight is 309 g/mol. The van der Waals surface area contributed by atoms with Crippen LogP contribution in [0.4, 0.5) is 10.5 Å². The van der Waals surface area contributed by atoms with Gasteiger partial charge in [0.05, 0.1) is 0 Å². The molecule has 0 saturated carbocycles. The van der Waals surface area contributed by atoms with E-state index in [2.05, 4.69) is 5.32 Å². The second kappa shape index (κ2) is 5.09. The fourth-order valence-electron chi connectivity index (χ4n) is 3.10. The van der Waals surface area contributed by atoms with E-state index in [0.29, 0.717) is 18.5 Å². The minimum atomic E-state index is -0.455. The zero-order chi connectivity index (χ0) is 15.2. The van der Waals surface area contributed by atoms with Gasteiger partial charge in [-0.1, -0.05) is 11.6 Å². The molecule has 1 N–H and O–H groups in total. The Hall–Kier alpha value is -1.42. The smallest absolute Gasteiger partial charge is 0.410 e. The second-order valence-electron chi connectivity index (χ2n) is 6.80. The molecule has 0 aliphatic carbocycles. The predicted molar refractivity (Wildman–Crippen MR) is 84.0 cm³/mol. The standard InChI is InChI=1S/C16H21ClN2O2/c1-16(2,3)21-15(20)19-7-6-14-12(9-19)11-8-10(17)4-5-13(11)18-14/h4-5,8,12,14,18H,6-7,9H2,1-3H3/t12-,14+/m0/s1. The van der Waals surface area contributed by atoms with Crippen LogP contribution in [0.15, 0.2) is 18.2 Å². The zero-order valence-electron chi connectivity index (χ0n) is 12.6. The quantitative estimate of drug-likeness (QED) is 0.791. The molecule has 1 amide bonds. The second-order valence-corrected chi connectivity index (χ2v) is 7.24. The van der Waals surface area contributed by atoms with Crippen molar-refractivity contribution in [3.05, 3.63) is 28.8 Å². The lowest BCUT2D eigenvalue weighted by molar-refractivity contribution is 0.0195. The summed E-state index contributed by atoms with van der Waals surface area (Å²) >= 11 is 6.11. The predicted octanol–water partition coefficient (Wildman–Crippen LogP) is 3.86. The maximum atomic E-state index is 12.2. The molecule has 2 heterocycles. The normalized spacial score (nSPS) is 24.1. The van der Waals surface area contributed by atoms with Gasteiger partial charge < -0.3 is 15.0 Å². The number of amides is 1. The first kappa shape index (κ1) is 14.5. The molecule has 21 heavy (non-hydrogen) atoms.